The average molecular weight is 367 g/mol. The van der Waals surface area contributed by atoms with Crippen LogP contribution in [0.15, 0.2) is 29.0 Å². The molecule has 9 heteroatoms. The Morgan fingerprint density at radius 1 is 1.19 bits per heavy atom. The van der Waals surface area contributed by atoms with Crippen molar-refractivity contribution in [2.24, 2.45) is 0 Å². The smallest absolute Gasteiger partial charge is 0.227 e. The molecule has 1 N–H and O–H groups in total. The van der Waals surface area contributed by atoms with Crippen molar-refractivity contribution in [1.82, 2.24) is 35.2 Å². The SMILES string of the molecule is O=C(CCc1nc(-c2ccncc2)no1)NCc1nnc2n1CCCCC2. The first kappa shape index (κ1) is 17.3. The summed E-state index contributed by atoms with van der Waals surface area (Å²) in [6, 6.07) is 3.62. The zero-order chi connectivity index (χ0) is 18.5. The Morgan fingerprint density at radius 3 is 2.96 bits per heavy atom. The van der Waals surface area contributed by atoms with E-state index in [2.05, 4.69) is 35.2 Å². The number of pyridine rings is 1. The number of carbonyl (C=O) groups is 1. The Labute approximate surface area is 156 Å². The van der Waals surface area contributed by atoms with E-state index in [0.29, 0.717) is 24.7 Å². The van der Waals surface area contributed by atoms with Crippen molar-refractivity contribution in [3.8, 4) is 11.4 Å². The first-order valence-electron chi connectivity index (χ1n) is 9.20. The quantitative estimate of drug-likeness (QED) is 0.705. The van der Waals surface area contributed by atoms with Crippen LogP contribution < -0.4 is 5.32 Å². The molecule has 4 heterocycles. The summed E-state index contributed by atoms with van der Waals surface area (Å²) in [5.41, 5.74) is 0.831. The maximum Gasteiger partial charge on any atom is 0.227 e. The van der Waals surface area contributed by atoms with E-state index in [9.17, 15) is 4.79 Å². The van der Waals surface area contributed by atoms with Crippen molar-refractivity contribution in [3.05, 3.63) is 42.1 Å². The number of carbonyl (C=O) groups excluding carboxylic acids is 1. The van der Waals surface area contributed by atoms with E-state index < -0.39 is 0 Å². The Kier molecular flexibility index (Phi) is 5.17. The number of nitrogens with zero attached hydrogens (tertiary/aromatic N) is 6. The summed E-state index contributed by atoms with van der Waals surface area (Å²) in [6.07, 6.45) is 8.45. The molecule has 0 radical (unpaired) electrons. The predicted molar refractivity (Wildman–Crippen MR) is 95.3 cm³/mol. The fraction of sp³-hybridized carbons (Fsp3) is 0.444. The van der Waals surface area contributed by atoms with Gasteiger partial charge in [0.15, 0.2) is 5.82 Å². The van der Waals surface area contributed by atoms with Crippen LogP contribution >= 0.6 is 0 Å². The molecule has 3 aromatic heterocycles. The third-order valence-corrected chi connectivity index (χ3v) is 4.60. The highest BCUT2D eigenvalue weighted by atomic mass is 16.5. The molecule has 0 atom stereocenters. The second kappa shape index (κ2) is 8.07. The average Bonchev–Trinajstić information content (AvgIpc) is 3.26. The Hall–Kier alpha value is -3.10. The van der Waals surface area contributed by atoms with Gasteiger partial charge in [0.05, 0.1) is 6.54 Å². The summed E-state index contributed by atoms with van der Waals surface area (Å²) in [4.78, 5) is 20.4. The van der Waals surface area contributed by atoms with Gasteiger partial charge in [-0.3, -0.25) is 9.78 Å². The number of rotatable bonds is 6. The largest absolute Gasteiger partial charge is 0.349 e. The first-order chi connectivity index (χ1) is 13.3. The van der Waals surface area contributed by atoms with E-state index in [1.807, 2.05) is 12.1 Å². The molecule has 1 aliphatic heterocycles. The highest BCUT2D eigenvalue weighted by Gasteiger charge is 2.15. The molecule has 4 rings (SSSR count). The molecular weight excluding hydrogens is 346 g/mol. The number of amides is 1. The molecule has 0 saturated heterocycles. The topological polar surface area (TPSA) is 112 Å². The maximum atomic E-state index is 12.2. The van der Waals surface area contributed by atoms with Gasteiger partial charge in [0.2, 0.25) is 17.6 Å². The highest BCUT2D eigenvalue weighted by molar-refractivity contribution is 5.75. The molecule has 9 nitrogen and oxygen atoms in total. The lowest BCUT2D eigenvalue weighted by molar-refractivity contribution is -0.121. The van der Waals surface area contributed by atoms with Crippen molar-refractivity contribution in [1.29, 1.82) is 0 Å². The van der Waals surface area contributed by atoms with E-state index in [4.69, 9.17) is 4.52 Å². The minimum Gasteiger partial charge on any atom is -0.349 e. The molecule has 0 bridgehead atoms. The normalized spacial score (nSPS) is 13.8. The van der Waals surface area contributed by atoms with Crippen LogP contribution in [0.2, 0.25) is 0 Å². The molecule has 0 spiro atoms. The van der Waals surface area contributed by atoms with Crippen LogP contribution in [0.1, 0.15) is 43.2 Å². The molecule has 1 aliphatic rings. The van der Waals surface area contributed by atoms with Gasteiger partial charge in [0, 0.05) is 43.8 Å². The van der Waals surface area contributed by atoms with Crippen molar-refractivity contribution in [3.63, 3.8) is 0 Å². The van der Waals surface area contributed by atoms with E-state index in [1.54, 1.807) is 12.4 Å². The van der Waals surface area contributed by atoms with Crippen molar-refractivity contribution < 1.29 is 9.32 Å². The van der Waals surface area contributed by atoms with Crippen molar-refractivity contribution >= 4 is 5.91 Å². The van der Waals surface area contributed by atoms with Crippen LogP contribution in [0, 0.1) is 0 Å². The highest BCUT2D eigenvalue weighted by Crippen LogP contribution is 2.15. The number of aryl methyl sites for hydroxylation is 2. The molecule has 0 fully saturated rings. The molecule has 3 aromatic rings. The monoisotopic (exact) mass is 367 g/mol. The van der Waals surface area contributed by atoms with Crippen LogP contribution in [0.4, 0.5) is 0 Å². The fourth-order valence-electron chi connectivity index (χ4n) is 3.14. The molecule has 0 aliphatic carbocycles. The van der Waals surface area contributed by atoms with Crippen LogP contribution in [-0.4, -0.2) is 35.8 Å². The molecular formula is C18H21N7O2. The molecule has 0 saturated carbocycles. The van der Waals surface area contributed by atoms with Crippen LogP contribution in [-0.2, 0) is 30.7 Å². The maximum absolute atomic E-state index is 12.2. The number of fused-ring (bicyclic) bond motifs is 1. The van der Waals surface area contributed by atoms with Gasteiger partial charge < -0.3 is 14.4 Å². The van der Waals surface area contributed by atoms with Gasteiger partial charge in [0.25, 0.3) is 0 Å². The third-order valence-electron chi connectivity index (χ3n) is 4.60. The summed E-state index contributed by atoms with van der Waals surface area (Å²) in [7, 11) is 0. The Bertz CT molecular complexity index is 904. The molecule has 0 unspecified atom stereocenters. The van der Waals surface area contributed by atoms with Gasteiger partial charge in [-0.1, -0.05) is 11.6 Å². The first-order valence-corrected chi connectivity index (χ1v) is 9.20. The summed E-state index contributed by atoms with van der Waals surface area (Å²) >= 11 is 0. The van der Waals surface area contributed by atoms with Gasteiger partial charge in [0.1, 0.15) is 5.82 Å². The molecule has 1 amide bonds. The van der Waals surface area contributed by atoms with Gasteiger partial charge in [-0.25, -0.2) is 0 Å². The van der Waals surface area contributed by atoms with E-state index >= 15 is 0 Å². The van der Waals surface area contributed by atoms with Gasteiger partial charge in [-0.2, -0.15) is 4.98 Å². The predicted octanol–water partition coefficient (Wildman–Crippen LogP) is 1.70. The number of nitrogens with one attached hydrogen (secondary N) is 1. The lowest BCUT2D eigenvalue weighted by Crippen LogP contribution is -2.25. The van der Waals surface area contributed by atoms with Crippen LogP contribution in [0.3, 0.4) is 0 Å². The summed E-state index contributed by atoms with van der Waals surface area (Å²) < 4.78 is 7.35. The van der Waals surface area contributed by atoms with Gasteiger partial charge in [-0.15, -0.1) is 10.2 Å². The van der Waals surface area contributed by atoms with E-state index in [-0.39, 0.29) is 12.3 Å². The van der Waals surface area contributed by atoms with E-state index in [0.717, 1.165) is 43.0 Å². The van der Waals surface area contributed by atoms with Gasteiger partial charge in [-0.05, 0) is 25.0 Å². The van der Waals surface area contributed by atoms with Crippen molar-refractivity contribution in [2.75, 3.05) is 0 Å². The van der Waals surface area contributed by atoms with Crippen molar-refractivity contribution in [2.45, 2.75) is 51.6 Å². The lowest BCUT2D eigenvalue weighted by Gasteiger charge is -2.07. The van der Waals surface area contributed by atoms with E-state index in [1.165, 1.54) is 6.42 Å². The molecule has 27 heavy (non-hydrogen) atoms. The number of aromatic nitrogens is 6. The van der Waals surface area contributed by atoms with Crippen LogP contribution in [0.25, 0.3) is 11.4 Å². The molecule has 140 valence electrons. The zero-order valence-corrected chi connectivity index (χ0v) is 15.0. The standard InChI is InChI=1S/C18H21N7O2/c26-16(20-12-15-23-22-14-4-2-1-3-11-25(14)15)5-6-17-21-18(24-27-17)13-7-9-19-10-8-13/h7-10H,1-6,11-12H2,(H,20,26). The summed E-state index contributed by atoms with van der Waals surface area (Å²) in [6.45, 7) is 1.31. The number of hydrogen-bond donors (Lipinski definition) is 1. The number of hydrogen-bond acceptors (Lipinski definition) is 7. The zero-order valence-electron chi connectivity index (χ0n) is 15.0. The second-order valence-electron chi connectivity index (χ2n) is 6.52. The minimum absolute atomic E-state index is 0.0790. The second-order valence-corrected chi connectivity index (χ2v) is 6.52. The Balaban J connectivity index is 1.28. The Morgan fingerprint density at radius 2 is 2.07 bits per heavy atom. The van der Waals surface area contributed by atoms with Crippen LogP contribution in [0.5, 0.6) is 0 Å². The lowest BCUT2D eigenvalue weighted by atomic mass is 10.2. The fourth-order valence-corrected chi connectivity index (χ4v) is 3.14. The summed E-state index contributed by atoms with van der Waals surface area (Å²) in [5, 5.41) is 15.3. The minimum atomic E-state index is -0.0790. The van der Waals surface area contributed by atoms with Gasteiger partial charge >= 0.3 is 0 Å². The summed E-state index contributed by atoms with van der Waals surface area (Å²) in [5.74, 6) is 2.70. The third kappa shape index (κ3) is 4.18. The molecule has 0 aromatic carbocycles.